The van der Waals surface area contributed by atoms with Crippen molar-refractivity contribution < 1.29 is 4.79 Å². The van der Waals surface area contributed by atoms with Gasteiger partial charge in [0.05, 0.1) is 4.75 Å². The Bertz CT molecular complexity index is 455. The number of benzene rings is 1. The normalized spacial score (nSPS) is 19.6. The standard InChI is InChI=1S/C15H21BrN2OS/c1-15(2,20-13-7-5-11(16)6-8-13)14(19)18-12-4-3-9-17-10-12/h5-8,12,17H,3-4,9-10H2,1-2H3,(H,18,19)/t12-/m0/s1. The second-order valence-corrected chi connectivity index (χ2v) is 8.19. The molecule has 1 saturated heterocycles. The van der Waals surface area contributed by atoms with Gasteiger partial charge in [-0.25, -0.2) is 0 Å². The van der Waals surface area contributed by atoms with Crippen molar-refractivity contribution in [2.75, 3.05) is 13.1 Å². The van der Waals surface area contributed by atoms with Crippen molar-refractivity contribution in [3.8, 4) is 0 Å². The first-order valence-electron chi connectivity index (χ1n) is 6.94. The molecular formula is C15H21BrN2OS. The maximum atomic E-state index is 12.4. The molecule has 0 aliphatic carbocycles. The predicted molar refractivity (Wildman–Crippen MR) is 88.1 cm³/mol. The minimum atomic E-state index is -0.467. The lowest BCUT2D eigenvalue weighted by Gasteiger charge is -2.29. The molecule has 0 saturated carbocycles. The van der Waals surface area contributed by atoms with Crippen molar-refractivity contribution >= 4 is 33.6 Å². The molecule has 2 rings (SSSR count). The number of carbonyl (C=O) groups excluding carboxylic acids is 1. The zero-order chi connectivity index (χ0) is 14.6. The fraction of sp³-hybridized carbons (Fsp3) is 0.533. The van der Waals surface area contributed by atoms with E-state index < -0.39 is 4.75 Å². The van der Waals surface area contributed by atoms with Gasteiger partial charge in [0.15, 0.2) is 0 Å². The summed E-state index contributed by atoms with van der Waals surface area (Å²) in [6, 6.07) is 8.33. The summed E-state index contributed by atoms with van der Waals surface area (Å²) in [6.07, 6.45) is 2.20. The van der Waals surface area contributed by atoms with Crippen LogP contribution in [-0.4, -0.2) is 29.8 Å². The molecule has 0 radical (unpaired) electrons. The second-order valence-electron chi connectivity index (χ2n) is 5.58. The van der Waals surface area contributed by atoms with Gasteiger partial charge in [0.1, 0.15) is 0 Å². The maximum absolute atomic E-state index is 12.4. The van der Waals surface area contributed by atoms with Crippen LogP contribution >= 0.6 is 27.7 Å². The molecule has 5 heteroatoms. The van der Waals surface area contributed by atoms with Crippen LogP contribution in [0.5, 0.6) is 0 Å². The molecule has 0 aromatic heterocycles. The number of thioether (sulfide) groups is 1. The molecule has 2 N–H and O–H groups in total. The van der Waals surface area contributed by atoms with Crippen LogP contribution in [0.1, 0.15) is 26.7 Å². The second kappa shape index (κ2) is 6.96. The van der Waals surface area contributed by atoms with E-state index in [1.54, 1.807) is 11.8 Å². The monoisotopic (exact) mass is 356 g/mol. The zero-order valence-corrected chi connectivity index (χ0v) is 14.3. The summed E-state index contributed by atoms with van der Waals surface area (Å²) in [5, 5.41) is 6.48. The number of amides is 1. The van der Waals surface area contributed by atoms with Crippen LogP contribution in [-0.2, 0) is 4.79 Å². The smallest absolute Gasteiger partial charge is 0.236 e. The minimum Gasteiger partial charge on any atom is -0.351 e. The largest absolute Gasteiger partial charge is 0.351 e. The van der Waals surface area contributed by atoms with Crippen molar-refractivity contribution in [3.05, 3.63) is 28.7 Å². The molecule has 1 aromatic rings. The molecule has 1 aromatic carbocycles. The first-order chi connectivity index (χ1) is 9.47. The highest BCUT2D eigenvalue weighted by Gasteiger charge is 2.30. The average molecular weight is 357 g/mol. The highest BCUT2D eigenvalue weighted by Crippen LogP contribution is 2.33. The van der Waals surface area contributed by atoms with E-state index in [1.807, 2.05) is 38.1 Å². The Morgan fingerprint density at radius 2 is 2.10 bits per heavy atom. The Balaban J connectivity index is 1.94. The summed E-state index contributed by atoms with van der Waals surface area (Å²) in [7, 11) is 0. The summed E-state index contributed by atoms with van der Waals surface area (Å²) < 4.78 is 0.586. The number of piperidine rings is 1. The third-order valence-electron chi connectivity index (χ3n) is 3.37. The van der Waals surface area contributed by atoms with Gasteiger partial charge in [0, 0.05) is 22.0 Å². The molecule has 1 heterocycles. The minimum absolute atomic E-state index is 0.110. The van der Waals surface area contributed by atoms with E-state index in [4.69, 9.17) is 0 Å². The lowest BCUT2D eigenvalue weighted by Crippen LogP contribution is -2.50. The van der Waals surface area contributed by atoms with Crippen molar-refractivity contribution in [3.63, 3.8) is 0 Å². The predicted octanol–water partition coefficient (Wildman–Crippen LogP) is 3.19. The lowest BCUT2D eigenvalue weighted by atomic mass is 10.1. The fourth-order valence-corrected chi connectivity index (χ4v) is 3.46. The van der Waals surface area contributed by atoms with Crippen LogP contribution in [0.4, 0.5) is 0 Å². The van der Waals surface area contributed by atoms with E-state index >= 15 is 0 Å². The third-order valence-corrected chi connectivity index (χ3v) is 5.10. The van der Waals surface area contributed by atoms with Crippen LogP contribution in [0, 0.1) is 0 Å². The van der Waals surface area contributed by atoms with E-state index in [0.29, 0.717) is 0 Å². The van der Waals surface area contributed by atoms with Gasteiger partial charge < -0.3 is 10.6 Å². The van der Waals surface area contributed by atoms with Gasteiger partial charge in [-0.2, -0.15) is 0 Å². The summed E-state index contributed by atoms with van der Waals surface area (Å²) in [4.78, 5) is 13.5. The van der Waals surface area contributed by atoms with E-state index in [1.165, 1.54) is 0 Å². The Kier molecular flexibility index (Phi) is 5.52. The van der Waals surface area contributed by atoms with Crippen molar-refractivity contribution in [1.29, 1.82) is 0 Å². The van der Waals surface area contributed by atoms with Gasteiger partial charge in [-0.3, -0.25) is 4.79 Å². The number of halogens is 1. The number of rotatable bonds is 4. The van der Waals surface area contributed by atoms with E-state index in [-0.39, 0.29) is 11.9 Å². The quantitative estimate of drug-likeness (QED) is 0.814. The molecule has 1 atom stereocenters. The summed E-state index contributed by atoms with van der Waals surface area (Å²) in [5.74, 6) is 0.110. The van der Waals surface area contributed by atoms with Gasteiger partial charge in [-0.1, -0.05) is 15.9 Å². The fourth-order valence-electron chi connectivity index (χ4n) is 2.18. The molecular weight excluding hydrogens is 336 g/mol. The van der Waals surface area contributed by atoms with E-state index in [2.05, 4.69) is 26.6 Å². The van der Waals surface area contributed by atoms with Crippen molar-refractivity contribution in [2.24, 2.45) is 0 Å². The van der Waals surface area contributed by atoms with Crippen LogP contribution in [0.15, 0.2) is 33.6 Å². The summed E-state index contributed by atoms with van der Waals surface area (Å²) >= 11 is 5.02. The van der Waals surface area contributed by atoms with Crippen LogP contribution in [0.3, 0.4) is 0 Å². The molecule has 1 aliphatic heterocycles. The van der Waals surface area contributed by atoms with E-state index in [9.17, 15) is 4.79 Å². The first-order valence-corrected chi connectivity index (χ1v) is 8.54. The van der Waals surface area contributed by atoms with Gasteiger partial charge in [0.2, 0.25) is 5.91 Å². The van der Waals surface area contributed by atoms with Gasteiger partial charge in [0.25, 0.3) is 0 Å². The number of carbonyl (C=O) groups is 1. The highest BCUT2D eigenvalue weighted by molar-refractivity contribution is 9.10. The molecule has 0 unspecified atom stereocenters. The number of nitrogens with one attached hydrogen (secondary N) is 2. The molecule has 1 fully saturated rings. The average Bonchev–Trinajstić information content (AvgIpc) is 2.42. The van der Waals surface area contributed by atoms with Gasteiger partial charge in [-0.15, -0.1) is 11.8 Å². The number of hydrogen-bond donors (Lipinski definition) is 2. The number of hydrogen-bond acceptors (Lipinski definition) is 3. The van der Waals surface area contributed by atoms with Gasteiger partial charge >= 0.3 is 0 Å². The van der Waals surface area contributed by atoms with Crippen molar-refractivity contribution in [2.45, 2.75) is 42.4 Å². The Morgan fingerprint density at radius 1 is 1.40 bits per heavy atom. The third kappa shape index (κ3) is 4.50. The lowest BCUT2D eigenvalue weighted by molar-refractivity contribution is -0.123. The first kappa shape index (κ1) is 15.9. The van der Waals surface area contributed by atoms with Crippen LogP contribution in [0.2, 0.25) is 0 Å². The molecule has 0 bridgehead atoms. The Morgan fingerprint density at radius 3 is 2.70 bits per heavy atom. The van der Waals surface area contributed by atoms with Gasteiger partial charge in [-0.05, 0) is 57.5 Å². The maximum Gasteiger partial charge on any atom is 0.236 e. The summed E-state index contributed by atoms with van der Waals surface area (Å²) in [5.41, 5.74) is 0. The molecule has 3 nitrogen and oxygen atoms in total. The Labute approximate surface area is 133 Å². The molecule has 0 spiro atoms. The molecule has 20 heavy (non-hydrogen) atoms. The Hall–Kier alpha value is -0.520. The molecule has 1 amide bonds. The topological polar surface area (TPSA) is 41.1 Å². The molecule has 110 valence electrons. The molecule has 1 aliphatic rings. The van der Waals surface area contributed by atoms with Crippen molar-refractivity contribution in [1.82, 2.24) is 10.6 Å². The van der Waals surface area contributed by atoms with E-state index in [0.717, 1.165) is 35.3 Å². The van der Waals surface area contributed by atoms with Crippen LogP contribution < -0.4 is 10.6 Å². The SMILES string of the molecule is CC(C)(Sc1ccc(Br)cc1)C(=O)N[C@H]1CCCNC1. The zero-order valence-electron chi connectivity index (χ0n) is 11.9. The highest BCUT2D eigenvalue weighted by atomic mass is 79.9. The van der Waals surface area contributed by atoms with Crippen LogP contribution in [0.25, 0.3) is 0 Å². The summed E-state index contributed by atoms with van der Waals surface area (Å²) in [6.45, 7) is 5.89.